The van der Waals surface area contributed by atoms with Crippen LogP contribution in [0.3, 0.4) is 0 Å². The predicted molar refractivity (Wildman–Crippen MR) is 104 cm³/mol. The van der Waals surface area contributed by atoms with Crippen molar-refractivity contribution in [1.82, 2.24) is 4.98 Å². The predicted octanol–water partition coefficient (Wildman–Crippen LogP) is 5.26. The number of ether oxygens (including phenoxy) is 1. The molecule has 0 saturated carbocycles. The minimum Gasteiger partial charge on any atom is -0.484 e. The van der Waals surface area contributed by atoms with Crippen LogP contribution in [-0.2, 0) is 10.2 Å². The lowest BCUT2D eigenvalue weighted by Crippen LogP contribution is -2.19. The van der Waals surface area contributed by atoms with Crippen molar-refractivity contribution in [2.45, 2.75) is 26.2 Å². The summed E-state index contributed by atoms with van der Waals surface area (Å²) in [7, 11) is 0. The minimum atomic E-state index is -0.255. The summed E-state index contributed by atoms with van der Waals surface area (Å²) in [6, 6.07) is 13.1. The molecule has 2 aromatic carbocycles. The van der Waals surface area contributed by atoms with Crippen molar-refractivity contribution in [3.05, 3.63) is 53.1 Å². The summed E-state index contributed by atoms with van der Waals surface area (Å²) in [6.45, 7) is 6.42. The van der Waals surface area contributed by atoms with E-state index in [1.807, 2.05) is 6.07 Å². The summed E-state index contributed by atoms with van der Waals surface area (Å²) in [5.41, 5.74) is 2.20. The molecule has 0 aliphatic carbocycles. The highest BCUT2D eigenvalue weighted by atomic mass is 35.5. The number of aromatic nitrogens is 1. The van der Waals surface area contributed by atoms with E-state index in [1.165, 1.54) is 16.9 Å². The van der Waals surface area contributed by atoms with Crippen LogP contribution in [0.2, 0.25) is 5.02 Å². The van der Waals surface area contributed by atoms with Crippen LogP contribution in [0.25, 0.3) is 10.2 Å². The molecule has 0 bridgehead atoms. The van der Waals surface area contributed by atoms with Gasteiger partial charge >= 0.3 is 0 Å². The number of carbonyl (C=O) groups is 1. The molecule has 0 aliphatic rings. The molecular formula is C19H19ClN2O2S. The molecule has 1 aromatic heterocycles. The molecule has 1 N–H and O–H groups in total. The van der Waals surface area contributed by atoms with Crippen molar-refractivity contribution in [1.29, 1.82) is 0 Å². The summed E-state index contributed by atoms with van der Waals surface area (Å²) in [6.07, 6.45) is 0. The number of hydrogen-bond acceptors (Lipinski definition) is 4. The first-order chi connectivity index (χ1) is 11.8. The van der Waals surface area contributed by atoms with Crippen LogP contribution in [0.1, 0.15) is 26.3 Å². The number of nitrogens with one attached hydrogen (secondary N) is 1. The Morgan fingerprint density at radius 2 is 2.04 bits per heavy atom. The van der Waals surface area contributed by atoms with Crippen LogP contribution in [0.15, 0.2) is 42.5 Å². The number of rotatable bonds is 4. The molecular weight excluding hydrogens is 356 g/mol. The van der Waals surface area contributed by atoms with Gasteiger partial charge in [0.25, 0.3) is 5.91 Å². The highest BCUT2D eigenvalue weighted by Gasteiger charge is 2.15. The molecule has 3 rings (SSSR count). The number of fused-ring (bicyclic) bond motifs is 1. The third kappa shape index (κ3) is 4.50. The Kier molecular flexibility index (Phi) is 4.97. The number of anilines is 1. The molecule has 1 amide bonds. The zero-order valence-electron chi connectivity index (χ0n) is 14.3. The van der Waals surface area contributed by atoms with E-state index in [-0.39, 0.29) is 17.9 Å². The van der Waals surface area contributed by atoms with E-state index in [2.05, 4.69) is 43.2 Å². The third-order valence-corrected chi connectivity index (χ3v) is 4.84. The van der Waals surface area contributed by atoms with Crippen molar-refractivity contribution >= 4 is 44.2 Å². The van der Waals surface area contributed by atoms with Crippen molar-refractivity contribution in [2.24, 2.45) is 0 Å². The Morgan fingerprint density at radius 1 is 1.24 bits per heavy atom. The Bertz CT molecular complexity index is 915. The number of carbonyl (C=O) groups excluding carboxylic acids is 1. The van der Waals surface area contributed by atoms with Gasteiger partial charge in [0.15, 0.2) is 11.7 Å². The van der Waals surface area contributed by atoms with E-state index in [0.29, 0.717) is 15.9 Å². The van der Waals surface area contributed by atoms with E-state index in [4.69, 9.17) is 16.3 Å². The number of halogens is 1. The third-order valence-electron chi connectivity index (χ3n) is 3.67. The summed E-state index contributed by atoms with van der Waals surface area (Å²) in [5, 5.41) is 3.92. The SMILES string of the molecule is CC(C)(C)c1ccc2nc(NC(=O)COc3cccc(Cl)c3)sc2c1. The number of hydrogen-bond donors (Lipinski definition) is 1. The van der Waals surface area contributed by atoms with Gasteiger partial charge in [-0.2, -0.15) is 0 Å². The van der Waals surface area contributed by atoms with Gasteiger partial charge in [-0.25, -0.2) is 4.98 Å². The van der Waals surface area contributed by atoms with Crippen LogP contribution in [0.4, 0.5) is 5.13 Å². The van der Waals surface area contributed by atoms with Crippen LogP contribution >= 0.6 is 22.9 Å². The van der Waals surface area contributed by atoms with Crippen molar-refractivity contribution < 1.29 is 9.53 Å². The van der Waals surface area contributed by atoms with Gasteiger partial charge in [-0.1, -0.05) is 55.8 Å². The van der Waals surface area contributed by atoms with Crippen LogP contribution in [0.5, 0.6) is 5.75 Å². The Morgan fingerprint density at radius 3 is 2.76 bits per heavy atom. The Hall–Kier alpha value is -2.11. The van der Waals surface area contributed by atoms with Gasteiger partial charge in [0.05, 0.1) is 10.2 Å². The van der Waals surface area contributed by atoms with Gasteiger partial charge in [0.2, 0.25) is 0 Å². The topological polar surface area (TPSA) is 51.2 Å². The largest absolute Gasteiger partial charge is 0.484 e. The molecule has 0 aliphatic heterocycles. The van der Waals surface area contributed by atoms with Gasteiger partial charge in [-0.3, -0.25) is 10.1 Å². The quantitative estimate of drug-likeness (QED) is 0.677. The van der Waals surface area contributed by atoms with Gasteiger partial charge in [0.1, 0.15) is 5.75 Å². The van der Waals surface area contributed by atoms with Crippen molar-refractivity contribution in [2.75, 3.05) is 11.9 Å². The van der Waals surface area contributed by atoms with Crippen LogP contribution in [0, 0.1) is 0 Å². The second-order valence-electron chi connectivity index (χ2n) is 6.75. The van der Waals surface area contributed by atoms with E-state index in [9.17, 15) is 4.79 Å². The first-order valence-corrected chi connectivity index (χ1v) is 9.10. The maximum Gasteiger partial charge on any atom is 0.264 e. The van der Waals surface area contributed by atoms with E-state index >= 15 is 0 Å². The standard InChI is InChI=1S/C19H19ClN2O2S/c1-19(2,3)12-7-8-15-16(9-12)25-18(21-15)22-17(23)11-24-14-6-4-5-13(20)10-14/h4-10H,11H2,1-3H3,(H,21,22,23). The van der Waals surface area contributed by atoms with Crippen molar-refractivity contribution in [3.8, 4) is 5.75 Å². The fourth-order valence-electron chi connectivity index (χ4n) is 2.31. The molecule has 0 saturated heterocycles. The second-order valence-corrected chi connectivity index (χ2v) is 8.21. The van der Waals surface area contributed by atoms with Gasteiger partial charge in [0, 0.05) is 5.02 Å². The zero-order chi connectivity index (χ0) is 18.0. The average molecular weight is 375 g/mol. The maximum absolute atomic E-state index is 12.1. The fourth-order valence-corrected chi connectivity index (χ4v) is 3.41. The summed E-state index contributed by atoms with van der Waals surface area (Å²) in [5.74, 6) is 0.303. The lowest BCUT2D eigenvalue weighted by atomic mass is 9.87. The first kappa shape index (κ1) is 17.7. The van der Waals surface area contributed by atoms with E-state index in [0.717, 1.165) is 10.2 Å². The monoisotopic (exact) mass is 374 g/mol. The summed E-state index contributed by atoms with van der Waals surface area (Å²) in [4.78, 5) is 16.5. The molecule has 0 unspecified atom stereocenters. The molecule has 0 radical (unpaired) electrons. The first-order valence-electron chi connectivity index (χ1n) is 7.90. The molecule has 6 heteroatoms. The van der Waals surface area contributed by atoms with E-state index in [1.54, 1.807) is 24.3 Å². The average Bonchev–Trinajstić information content (AvgIpc) is 2.93. The smallest absolute Gasteiger partial charge is 0.264 e. The van der Waals surface area contributed by atoms with Gasteiger partial charge in [-0.05, 0) is 41.3 Å². The number of thiazole rings is 1. The van der Waals surface area contributed by atoms with Crippen molar-refractivity contribution in [3.63, 3.8) is 0 Å². The molecule has 0 fully saturated rings. The normalized spacial score (nSPS) is 11.5. The van der Waals surface area contributed by atoms with Gasteiger partial charge < -0.3 is 4.74 Å². The molecule has 0 spiro atoms. The second kappa shape index (κ2) is 7.02. The molecule has 1 heterocycles. The lowest BCUT2D eigenvalue weighted by molar-refractivity contribution is -0.118. The summed E-state index contributed by atoms with van der Waals surface area (Å²) >= 11 is 7.35. The molecule has 3 aromatic rings. The van der Waals surface area contributed by atoms with Crippen LogP contribution in [-0.4, -0.2) is 17.5 Å². The number of nitrogens with zero attached hydrogens (tertiary/aromatic N) is 1. The molecule has 4 nitrogen and oxygen atoms in total. The molecule has 0 atom stereocenters. The molecule has 25 heavy (non-hydrogen) atoms. The maximum atomic E-state index is 12.1. The minimum absolute atomic E-state index is 0.0758. The zero-order valence-corrected chi connectivity index (χ0v) is 15.9. The highest BCUT2D eigenvalue weighted by molar-refractivity contribution is 7.22. The number of benzene rings is 2. The molecule has 130 valence electrons. The summed E-state index contributed by atoms with van der Waals surface area (Å²) < 4.78 is 6.49. The Balaban J connectivity index is 1.67. The van der Waals surface area contributed by atoms with Gasteiger partial charge in [-0.15, -0.1) is 0 Å². The van der Waals surface area contributed by atoms with E-state index < -0.39 is 0 Å². The Labute approximate surface area is 155 Å². The highest BCUT2D eigenvalue weighted by Crippen LogP contribution is 2.31. The fraction of sp³-hybridized carbons (Fsp3) is 0.263. The lowest BCUT2D eigenvalue weighted by Gasteiger charge is -2.18. The van der Waals surface area contributed by atoms with Crippen LogP contribution < -0.4 is 10.1 Å². The number of amides is 1.